The van der Waals surface area contributed by atoms with Gasteiger partial charge in [-0.2, -0.15) is 0 Å². The molecule has 13 heavy (non-hydrogen) atoms. The number of hydrogen-bond donors (Lipinski definition) is 1. The van der Waals surface area contributed by atoms with Crippen LogP contribution in [0.4, 0.5) is 5.82 Å². The van der Waals surface area contributed by atoms with Crippen molar-refractivity contribution in [2.75, 3.05) is 5.73 Å². The minimum atomic E-state index is 0.449. The van der Waals surface area contributed by atoms with Gasteiger partial charge in [-0.1, -0.05) is 12.1 Å². The lowest BCUT2D eigenvalue weighted by Crippen LogP contribution is -1.91. The summed E-state index contributed by atoms with van der Waals surface area (Å²) < 4.78 is 5.11. The van der Waals surface area contributed by atoms with Crippen LogP contribution in [-0.4, -0.2) is 10.1 Å². The van der Waals surface area contributed by atoms with Gasteiger partial charge in [-0.15, -0.1) is 0 Å². The summed E-state index contributed by atoms with van der Waals surface area (Å²) in [5, 5.41) is 4.62. The predicted octanol–water partition coefficient (Wildman–Crippen LogP) is 1.68. The molecule has 0 saturated heterocycles. The van der Waals surface area contributed by atoms with Gasteiger partial charge < -0.3 is 10.3 Å². The second-order valence-corrected chi connectivity index (χ2v) is 3.01. The summed E-state index contributed by atoms with van der Waals surface area (Å²) in [6.45, 7) is 3.97. The number of nitrogens with zero attached hydrogens (tertiary/aromatic N) is 2. The van der Waals surface area contributed by atoms with Gasteiger partial charge in [-0.25, -0.2) is 0 Å². The molecule has 0 fully saturated rings. The minimum Gasteiger partial charge on any atom is -0.380 e. The van der Waals surface area contributed by atoms with Crippen molar-refractivity contribution in [3.63, 3.8) is 0 Å². The third kappa shape index (κ3) is 1.06. The van der Waals surface area contributed by atoms with Crippen LogP contribution in [-0.2, 0) is 6.42 Å². The molecule has 2 rings (SSSR count). The molecule has 0 aromatic carbocycles. The first-order valence-corrected chi connectivity index (χ1v) is 4.23. The van der Waals surface area contributed by atoms with Crippen LogP contribution in [0.2, 0.25) is 0 Å². The standard InChI is InChI=1S/C9H11N3O/c1-3-6-8-7(5(2)4-11-6)9(10)12-13-8/h4H,3H2,1-2H3,(H2,10,12). The normalized spacial score (nSPS) is 10.9. The smallest absolute Gasteiger partial charge is 0.190 e. The summed E-state index contributed by atoms with van der Waals surface area (Å²) in [7, 11) is 0. The van der Waals surface area contributed by atoms with Crippen molar-refractivity contribution in [1.29, 1.82) is 0 Å². The Hall–Kier alpha value is -1.58. The quantitative estimate of drug-likeness (QED) is 0.719. The zero-order chi connectivity index (χ0) is 9.42. The lowest BCUT2D eigenvalue weighted by molar-refractivity contribution is 0.457. The molecule has 0 saturated carbocycles. The number of aryl methyl sites for hydroxylation is 2. The van der Waals surface area contributed by atoms with Crippen molar-refractivity contribution < 1.29 is 4.52 Å². The summed E-state index contributed by atoms with van der Waals surface area (Å²) in [6.07, 6.45) is 2.63. The van der Waals surface area contributed by atoms with E-state index < -0.39 is 0 Å². The Morgan fingerprint density at radius 3 is 3.00 bits per heavy atom. The van der Waals surface area contributed by atoms with Crippen LogP contribution >= 0.6 is 0 Å². The van der Waals surface area contributed by atoms with Gasteiger partial charge in [0.1, 0.15) is 0 Å². The average Bonchev–Trinajstić information content (AvgIpc) is 2.50. The molecule has 0 aliphatic rings. The second-order valence-electron chi connectivity index (χ2n) is 3.01. The predicted molar refractivity (Wildman–Crippen MR) is 50.3 cm³/mol. The fourth-order valence-corrected chi connectivity index (χ4v) is 1.43. The highest BCUT2D eigenvalue weighted by Gasteiger charge is 2.11. The number of rotatable bonds is 1. The second kappa shape index (κ2) is 2.73. The molecule has 68 valence electrons. The molecule has 0 amide bonds. The molecular weight excluding hydrogens is 166 g/mol. The van der Waals surface area contributed by atoms with Gasteiger partial charge in [0, 0.05) is 6.20 Å². The Labute approximate surface area is 75.7 Å². The SMILES string of the molecule is CCc1ncc(C)c2c(N)noc12. The summed E-state index contributed by atoms with van der Waals surface area (Å²) in [5.74, 6) is 0.449. The number of aromatic nitrogens is 2. The van der Waals surface area contributed by atoms with Crippen molar-refractivity contribution in [2.45, 2.75) is 20.3 Å². The van der Waals surface area contributed by atoms with E-state index in [1.54, 1.807) is 6.20 Å². The van der Waals surface area contributed by atoms with Crippen LogP contribution < -0.4 is 5.73 Å². The Morgan fingerprint density at radius 2 is 2.31 bits per heavy atom. The van der Waals surface area contributed by atoms with Crippen LogP contribution in [0, 0.1) is 6.92 Å². The van der Waals surface area contributed by atoms with Crippen LogP contribution in [0.25, 0.3) is 11.0 Å². The Kier molecular flexibility index (Phi) is 1.69. The molecule has 4 nitrogen and oxygen atoms in total. The Balaban J connectivity index is 2.87. The van der Waals surface area contributed by atoms with Gasteiger partial charge in [-0.3, -0.25) is 4.98 Å². The molecule has 4 heteroatoms. The van der Waals surface area contributed by atoms with Crippen molar-refractivity contribution in [3.8, 4) is 0 Å². The van der Waals surface area contributed by atoms with E-state index in [4.69, 9.17) is 10.3 Å². The van der Waals surface area contributed by atoms with Gasteiger partial charge in [-0.05, 0) is 18.9 Å². The number of hydrogen-bond acceptors (Lipinski definition) is 4. The zero-order valence-corrected chi connectivity index (χ0v) is 7.66. The average molecular weight is 177 g/mol. The van der Waals surface area contributed by atoms with E-state index in [0.717, 1.165) is 28.6 Å². The highest BCUT2D eigenvalue weighted by atomic mass is 16.5. The summed E-state index contributed by atoms with van der Waals surface area (Å²) in [5.41, 5.74) is 8.30. The maximum absolute atomic E-state index is 5.67. The van der Waals surface area contributed by atoms with Crippen LogP contribution in [0.15, 0.2) is 10.7 Å². The van der Waals surface area contributed by atoms with Crippen LogP contribution in [0.1, 0.15) is 18.2 Å². The van der Waals surface area contributed by atoms with E-state index in [1.165, 1.54) is 0 Å². The molecule has 0 aliphatic heterocycles. The number of nitrogens with two attached hydrogens (primary N) is 1. The molecule has 0 aliphatic carbocycles. The third-order valence-corrected chi connectivity index (χ3v) is 2.12. The molecule has 2 heterocycles. The largest absolute Gasteiger partial charge is 0.380 e. The molecule has 2 aromatic rings. The maximum Gasteiger partial charge on any atom is 0.190 e. The van der Waals surface area contributed by atoms with Crippen LogP contribution in [0.5, 0.6) is 0 Å². The molecule has 0 radical (unpaired) electrons. The van der Waals surface area contributed by atoms with E-state index in [-0.39, 0.29) is 0 Å². The Morgan fingerprint density at radius 1 is 1.54 bits per heavy atom. The third-order valence-electron chi connectivity index (χ3n) is 2.12. The van der Waals surface area contributed by atoms with Crippen LogP contribution in [0.3, 0.4) is 0 Å². The fraction of sp³-hybridized carbons (Fsp3) is 0.333. The van der Waals surface area contributed by atoms with Gasteiger partial charge in [0.05, 0.1) is 11.1 Å². The first kappa shape index (κ1) is 8.04. The highest BCUT2D eigenvalue weighted by Crippen LogP contribution is 2.25. The molecule has 0 bridgehead atoms. The Bertz CT molecular complexity index is 447. The van der Waals surface area contributed by atoms with Crippen molar-refractivity contribution >= 4 is 16.8 Å². The van der Waals surface area contributed by atoms with Gasteiger partial charge in [0.2, 0.25) is 0 Å². The number of pyridine rings is 1. The maximum atomic E-state index is 5.67. The topological polar surface area (TPSA) is 64.9 Å². The number of nitrogen functional groups attached to an aromatic ring is 1. The summed E-state index contributed by atoms with van der Waals surface area (Å²) >= 11 is 0. The number of anilines is 1. The molecule has 2 N–H and O–H groups in total. The minimum absolute atomic E-state index is 0.449. The molecule has 0 spiro atoms. The summed E-state index contributed by atoms with van der Waals surface area (Å²) in [6, 6.07) is 0. The lowest BCUT2D eigenvalue weighted by atomic mass is 10.1. The van der Waals surface area contributed by atoms with E-state index in [9.17, 15) is 0 Å². The van der Waals surface area contributed by atoms with E-state index >= 15 is 0 Å². The highest BCUT2D eigenvalue weighted by molar-refractivity contribution is 5.90. The van der Waals surface area contributed by atoms with Crippen molar-refractivity contribution in [1.82, 2.24) is 10.1 Å². The van der Waals surface area contributed by atoms with E-state index in [0.29, 0.717) is 5.82 Å². The fourth-order valence-electron chi connectivity index (χ4n) is 1.43. The molecular formula is C9H11N3O. The van der Waals surface area contributed by atoms with Crippen molar-refractivity contribution in [3.05, 3.63) is 17.5 Å². The zero-order valence-electron chi connectivity index (χ0n) is 7.66. The molecule has 2 aromatic heterocycles. The van der Waals surface area contributed by atoms with Crippen molar-refractivity contribution in [2.24, 2.45) is 0 Å². The molecule has 0 unspecified atom stereocenters. The van der Waals surface area contributed by atoms with E-state index in [2.05, 4.69) is 10.1 Å². The lowest BCUT2D eigenvalue weighted by Gasteiger charge is -1.98. The first-order valence-electron chi connectivity index (χ1n) is 4.23. The summed E-state index contributed by atoms with van der Waals surface area (Å²) in [4.78, 5) is 4.25. The van der Waals surface area contributed by atoms with Gasteiger partial charge in [0.15, 0.2) is 11.4 Å². The first-order chi connectivity index (χ1) is 6.24. The van der Waals surface area contributed by atoms with E-state index in [1.807, 2.05) is 13.8 Å². The van der Waals surface area contributed by atoms with Gasteiger partial charge >= 0.3 is 0 Å². The number of fused-ring (bicyclic) bond motifs is 1. The monoisotopic (exact) mass is 177 g/mol. The molecule has 0 atom stereocenters. The van der Waals surface area contributed by atoms with Gasteiger partial charge in [0.25, 0.3) is 0 Å².